The molecule has 4 heteroatoms. The van der Waals surface area contributed by atoms with Gasteiger partial charge in [0.15, 0.2) is 0 Å². The third-order valence-corrected chi connectivity index (χ3v) is 2.84. The molecular weight excluding hydrogens is 178 g/mol. The summed E-state index contributed by atoms with van der Waals surface area (Å²) in [7, 11) is 3.79. The molecule has 1 aliphatic rings. The van der Waals surface area contributed by atoms with Crippen LogP contribution in [0.3, 0.4) is 0 Å². The largest absolute Gasteiger partial charge is 0.344 e. The van der Waals surface area contributed by atoms with E-state index < -0.39 is 0 Å². The van der Waals surface area contributed by atoms with Crippen LogP contribution < -0.4 is 5.32 Å². The second-order valence-electron chi connectivity index (χ2n) is 3.82. The molecule has 0 radical (unpaired) electrons. The summed E-state index contributed by atoms with van der Waals surface area (Å²) >= 11 is 0. The second kappa shape index (κ2) is 5.32. The number of amides is 1. The van der Waals surface area contributed by atoms with E-state index in [9.17, 15) is 4.79 Å². The van der Waals surface area contributed by atoms with Crippen molar-refractivity contribution in [1.29, 1.82) is 0 Å². The molecule has 1 saturated heterocycles. The average Bonchev–Trinajstić information content (AvgIpc) is 2.31. The second-order valence-corrected chi connectivity index (χ2v) is 3.82. The van der Waals surface area contributed by atoms with Crippen LogP contribution in [0.1, 0.15) is 13.3 Å². The van der Waals surface area contributed by atoms with Crippen molar-refractivity contribution in [3.8, 4) is 0 Å². The summed E-state index contributed by atoms with van der Waals surface area (Å²) in [6, 6.07) is 0.0255. The minimum Gasteiger partial charge on any atom is -0.344 e. The molecule has 82 valence electrons. The van der Waals surface area contributed by atoms with Crippen molar-refractivity contribution in [2.45, 2.75) is 19.4 Å². The standard InChI is InChI=1S/C10H21N3O/c1-4-13-7-5-6-12(3)10(14)9(13)8-11-2/h9,11H,4-8H2,1-3H3. The van der Waals surface area contributed by atoms with Gasteiger partial charge in [-0.15, -0.1) is 0 Å². The molecule has 1 amide bonds. The lowest BCUT2D eigenvalue weighted by Gasteiger charge is -2.28. The van der Waals surface area contributed by atoms with Gasteiger partial charge in [0.2, 0.25) is 5.91 Å². The zero-order valence-corrected chi connectivity index (χ0v) is 9.42. The highest BCUT2D eigenvalue weighted by atomic mass is 16.2. The van der Waals surface area contributed by atoms with Gasteiger partial charge in [0.25, 0.3) is 0 Å². The van der Waals surface area contributed by atoms with Gasteiger partial charge in [-0.2, -0.15) is 0 Å². The zero-order valence-electron chi connectivity index (χ0n) is 9.42. The predicted molar refractivity (Wildman–Crippen MR) is 57.2 cm³/mol. The molecular formula is C10H21N3O. The van der Waals surface area contributed by atoms with E-state index in [1.807, 2.05) is 19.0 Å². The monoisotopic (exact) mass is 199 g/mol. The van der Waals surface area contributed by atoms with E-state index in [4.69, 9.17) is 0 Å². The van der Waals surface area contributed by atoms with Crippen LogP contribution in [0.2, 0.25) is 0 Å². The Bertz CT molecular complexity index is 196. The van der Waals surface area contributed by atoms with Crippen molar-refractivity contribution >= 4 is 5.91 Å². The minimum absolute atomic E-state index is 0.0255. The van der Waals surface area contributed by atoms with Crippen molar-refractivity contribution in [3.63, 3.8) is 0 Å². The van der Waals surface area contributed by atoms with Gasteiger partial charge in [-0.1, -0.05) is 6.92 Å². The van der Waals surface area contributed by atoms with E-state index in [-0.39, 0.29) is 11.9 Å². The smallest absolute Gasteiger partial charge is 0.240 e. The molecule has 0 spiro atoms. The van der Waals surface area contributed by atoms with E-state index in [0.717, 1.165) is 32.6 Å². The van der Waals surface area contributed by atoms with Gasteiger partial charge in [-0.05, 0) is 20.0 Å². The van der Waals surface area contributed by atoms with Gasteiger partial charge in [-0.25, -0.2) is 0 Å². The highest BCUT2D eigenvalue weighted by molar-refractivity contribution is 5.82. The first-order valence-corrected chi connectivity index (χ1v) is 5.34. The Morgan fingerprint density at radius 1 is 1.50 bits per heavy atom. The molecule has 1 fully saturated rings. The molecule has 0 saturated carbocycles. The maximum Gasteiger partial charge on any atom is 0.240 e. The van der Waals surface area contributed by atoms with Gasteiger partial charge < -0.3 is 10.2 Å². The normalized spacial score (nSPS) is 25.2. The predicted octanol–water partition coefficient (Wildman–Crippen LogP) is -0.242. The SMILES string of the molecule is CCN1CCCN(C)C(=O)C1CNC. The summed E-state index contributed by atoms with van der Waals surface area (Å²) < 4.78 is 0. The Balaban J connectivity index is 2.71. The molecule has 14 heavy (non-hydrogen) atoms. The van der Waals surface area contributed by atoms with Crippen molar-refractivity contribution in [2.24, 2.45) is 0 Å². The van der Waals surface area contributed by atoms with Crippen LogP contribution in [-0.2, 0) is 4.79 Å². The first-order valence-electron chi connectivity index (χ1n) is 5.34. The summed E-state index contributed by atoms with van der Waals surface area (Å²) in [5.41, 5.74) is 0. The lowest BCUT2D eigenvalue weighted by atomic mass is 10.2. The van der Waals surface area contributed by atoms with Gasteiger partial charge in [0.1, 0.15) is 6.04 Å². The lowest BCUT2D eigenvalue weighted by molar-refractivity contribution is -0.133. The Kier molecular flexibility index (Phi) is 4.35. The van der Waals surface area contributed by atoms with Crippen molar-refractivity contribution in [3.05, 3.63) is 0 Å². The van der Waals surface area contributed by atoms with E-state index in [1.165, 1.54) is 0 Å². The van der Waals surface area contributed by atoms with Gasteiger partial charge in [-0.3, -0.25) is 9.69 Å². The third-order valence-electron chi connectivity index (χ3n) is 2.84. The molecule has 0 aromatic rings. The number of nitrogens with one attached hydrogen (secondary N) is 1. The number of nitrogens with zero attached hydrogens (tertiary/aromatic N) is 2. The van der Waals surface area contributed by atoms with Crippen LogP contribution in [-0.4, -0.2) is 62.0 Å². The number of rotatable bonds is 3. The Hall–Kier alpha value is -0.610. The summed E-state index contributed by atoms with van der Waals surface area (Å²) in [4.78, 5) is 16.0. The topological polar surface area (TPSA) is 35.6 Å². The number of carbonyl (C=O) groups is 1. The first-order chi connectivity index (χ1) is 6.70. The molecule has 1 unspecified atom stereocenters. The van der Waals surface area contributed by atoms with Gasteiger partial charge in [0.05, 0.1) is 0 Å². The Labute approximate surface area is 86.2 Å². The van der Waals surface area contributed by atoms with E-state index in [2.05, 4.69) is 17.1 Å². The summed E-state index contributed by atoms with van der Waals surface area (Å²) in [5.74, 6) is 0.249. The number of hydrogen-bond donors (Lipinski definition) is 1. The van der Waals surface area contributed by atoms with Crippen LogP contribution >= 0.6 is 0 Å². The van der Waals surface area contributed by atoms with Crippen LogP contribution in [0.15, 0.2) is 0 Å². The molecule has 0 bridgehead atoms. The van der Waals surface area contributed by atoms with Crippen molar-refractivity contribution in [1.82, 2.24) is 15.1 Å². The molecule has 0 aliphatic carbocycles. The molecule has 1 heterocycles. The van der Waals surface area contributed by atoms with Gasteiger partial charge in [0, 0.05) is 26.7 Å². The summed E-state index contributed by atoms with van der Waals surface area (Å²) in [5, 5.41) is 3.09. The highest BCUT2D eigenvalue weighted by Crippen LogP contribution is 2.09. The zero-order chi connectivity index (χ0) is 10.6. The summed E-state index contributed by atoms with van der Waals surface area (Å²) in [6.45, 7) is 5.72. The first kappa shape index (κ1) is 11.5. The molecule has 1 N–H and O–H groups in total. The quantitative estimate of drug-likeness (QED) is 0.681. The molecule has 1 aliphatic heterocycles. The molecule has 0 aromatic carbocycles. The van der Waals surface area contributed by atoms with Crippen LogP contribution in [0.4, 0.5) is 0 Å². The minimum atomic E-state index is 0.0255. The van der Waals surface area contributed by atoms with E-state index >= 15 is 0 Å². The number of hydrogen-bond acceptors (Lipinski definition) is 3. The summed E-state index contributed by atoms with van der Waals surface area (Å²) in [6.07, 6.45) is 1.08. The maximum atomic E-state index is 11.9. The molecule has 1 atom stereocenters. The molecule has 4 nitrogen and oxygen atoms in total. The Morgan fingerprint density at radius 2 is 2.21 bits per heavy atom. The average molecular weight is 199 g/mol. The van der Waals surface area contributed by atoms with Crippen molar-refractivity contribution in [2.75, 3.05) is 40.3 Å². The van der Waals surface area contributed by atoms with Crippen LogP contribution in [0.25, 0.3) is 0 Å². The Morgan fingerprint density at radius 3 is 2.79 bits per heavy atom. The third kappa shape index (κ3) is 2.45. The van der Waals surface area contributed by atoms with E-state index in [1.54, 1.807) is 0 Å². The van der Waals surface area contributed by atoms with Gasteiger partial charge >= 0.3 is 0 Å². The van der Waals surface area contributed by atoms with E-state index in [0.29, 0.717) is 0 Å². The highest BCUT2D eigenvalue weighted by Gasteiger charge is 2.29. The number of likely N-dealkylation sites (N-methyl/N-ethyl adjacent to an activating group) is 3. The maximum absolute atomic E-state index is 11.9. The number of carbonyl (C=O) groups excluding carboxylic acids is 1. The fraction of sp³-hybridized carbons (Fsp3) is 0.900. The lowest BCUT2D eigenvalue weighted by Crippen LogP contribution is -2.49. The van der Waals surface area contributed by atoms with Crippen LogP contribution in [0, 0.1) is 0 Å². The fourth-order valence-corrected chi connectivity index (χ4v) is 1.98. The van der Waals surface area contributed by atoms with Crippen LogP contribution in [0.5, 0.6) is 0 Å². The van der Waals surface area contributed by atoms with Crippen molar-refractivity contribution < 1.29 is 4.79 Å². The fourth-order valence-electron chi connectivity index (χ4n) is 1.98. The molecule has 1 rings (SSSR count). The molecule has 0 aromatic heterocycles.